The summed E-state index contributed by atoms with van der Waals surface area (Å²) in [4.78, 5) is 2.56. The number of anilines is 1. The monoisotopic (exact) mass is 278 g/mol. The van der Waals surface area contributed by atoms with E-state index in [9.17, 15) is 0 Å². The first-order chi connectivity index (χ1) is 10.3. The second-order valence-corrected chi connectivity index (χ2v) is 6.42. The van der Waals surface area contributed by atoms with E-state index in [1.807, 2.05) is 6.07 Å². The van der Waals surface area contributed by atoms with Crippen LogP contribution in [0.4, 0.5) is 5.69 Å². The summed E-state index contributed by atoms with van der Waals surface area (Å²) in [5.74, 6) is 0.828. The average Bonchev–Trinajstić information content (AvgIpc) is 3.33. The number of fused-ring (bicyclic) bond motifs is 1. The highest BCUT2D eigenvalue weighted by atomic mass is 15.1. The van der Waals surface area contributed by atoms with Crippen LogP contribution >= 0.6 is 0 Å². The van der Waals surface area contributed by atoms with Crippen molar-refractivity contribution >= 4 is 5.69 Å². The molecule has 2 heteroatoms. The Hall–Kier alpha value is -1.80. The maximum absolute atomic E-state index is 6.09. The lowest BCUT2D eigenvalue weighted by atomic mass is 9.96. The molecule has 0 unspecified atom stereocenters. The van der Waals surface area contributed by atoms with Crippen molar-refractivity contribution in [3.8, 4) is 0 Å². The van der Waals surface area contributed by atoms with Crippen molar-refractivity contribution in [2.24, 2.45) is 0 Å². The van der Waals surface area contributed by atoms with E-state index in [0.29, 0.717) is 0 Å². The van der Waals surface area contributed by atoms with Crippen LogP contribution in [-0.4, -0.2) is 11.4 Å². The van der Waals surface area contributed by atoms with E-state index in [4.69, 9.17) is 5.73 Å². The summed E-state index contributed by atoms with van der Waals surface area (Å²) in [6.45, 7) is 3.21. The molecular formula is C19H22N2. The first-order valence-corrected chi connectivity index (χ1v) is 7.97. The van der Waals surface area contributed by atoms with Crippen molar-refractivity contribution in [1.29, 1.82) is 0 Å². The van der Waals surface area contributed by atoms with Crippen molar-refractivity contribution in [2.45, 2.75) is 38.3 Å². The number of nitrogens with two attached hydrogens (primary N) is 1. The summed E-state index contributed by atoms with van der Waals surface area (Å²) < 4.78 is 0. The lowest BCUT2D eigenvalue weighted by molar-refractivity contribution is 0.245. The van der Waals surface area contributed by atoms with Crippen molar-refractivity contribution in [3.63, 3.8) is 0 Å². The van der Waals surface area contributed by atoms with Crippen molar-refractivity contribution in [2.75, 3.05) is 12.3 Å². The van der Waals surface area contributed by atoms with E-state index in [0.717, 1.165) is 37.7 Å². The van der Waals surface area contributed by atoms with Gasteiger partial charge in [0.25, 0.3) is 0 Å². The smallest absolute Gasteiger partial charge is 0.0350 e. The first kappa shape index (κ1) is 12.9. The summed E-state index contributed by atoms with van der Waals surface area (Å²) in [7, 11) is 0. The molecule has 0 amide bonds. The van der Waals surface area contributed by atoms with Crippen LogP contribution in [0, 0.1) is 0 Å². The molecule has 0 bridgehead atoms. The quantitative estimate of drug-likeness (QED) is 0.867. The molecule has 1 heterocycles. The standard InChI is InChI=1S/C19H22N2/c20-19-7-3-5-16-13-21(11-10-18(16)19)12-15-4-1-2-6-17(15)14-8-9-14/h1-7,14H,8-13,20H2. The lowest BCUT2D eigenvalue weighted by Crippen LogP contribution is -2.30. The maximum atomic E-state index is 6.09. The Morgan fingerprint density at radius 3 is 2.76 bits per heavy atom. The predicted molar refractivity (Wildman–Crippen MR) is 87.1 cm³/mol. The fraction of sp³-hybridized carbons (Fsp3) is 0.368. The van der Waals surface area contributed by atoms with Crippen LogP contribution in [0.2, 0.25) is 0 Å². The topological polar surface area (TPSA) is 29.3 Å². The van der Waals surface area contributed by atoms with E-state index >= 15 is 0 Å². The second-order valence-electron chi connectivity index (χ2n) is 6.42. The Morgan fingerprint density at radius 1 is 1.05 bits per heavy atom. The minimum absolute atomic E-state index is 0.828. The van der Waals surface area contributed by atoms with Gasteiger partial charge in [0, 0.05) is 25.3 Å². The number of hydrogen-bond donors (Lipinski definition) is 1. The van der Waals surface area contributed by atoms with E-state index in [1.54, 1.807) is 5.56 Å². The van der Waals surface area contributed by atoms with Gasteiger partial charge in [0.2, 0.25) is 0 Å². The van der Waals surface area contributed by atoms with Crippen LogP contribution in [0.1, 0.15) is 41.0 Å². The van der Waals surface area contributed by atoms with Gasteiger partial charge in [-0.25, -0.2) is 0 Å². The third kappa shape index (κ3) is 2.56. The van der Waals surface area contributed by atoms with Crippen LogP contribution in [0.3, 0.4) is 0 Å². The molecule has 0 atom stereocenters. The van der Waals surface area contributed by atoms with Crippen LogP contribution < -0.4 is 5.73 Å². The summed E-state index contributed by atoms with van der Waals surface area (Å²) in [6, 6.07) is 15.3. The summed E-state index contributed by atoms with van der Waals surface area (Å²) in [5, 5.41) is 0. The van der Waals surface area contributed by atoms with E-state index in [2.05, 4.69) is 41.3 Å². The largest absolute Gasteiger partial charge is 0.398 e. The molecule has 2 aromatic carbocycles. The number of rotatable bonds is 3. The normalized spacial score (nSPS) is 18.5. The van der Waals surface area contributed by atoms with Crippen molar-refractivity contribution < 1.29 is 0 Å². The number of hydrogen-bond acceptors (Lipinski definition) is 2. The van der Waals surface area contributed by atoms with Gasteiger partial charge < -0.3 is 5.73 Å². The molecular weight excluding hydrogens is 256 g/mol. The fourth-order valence-electron chi connectivity index (χ4n) is 3.54. The van der Waals surface area contributed by atoms with E-state index < -0.39 is 0 Å². The molecule has 21 heavy (non-hydrogen) atoms. The lowest BCUT2D eigenvalue weighted by Gasteiger charge is -2.30. The molecule has 0 aromatic heterocycles. The Labute approximate surface area is 126 Å². The van der Waals surface area contributed by atoms with E-state index in [-0.39, 0.29) is 0 Å². The van der Waals surface area contributed by atoms with Crippen LogP contribution in [-0.2, 0) is 19.5 Å². The van der Waals surface area contributed by atoms with Crippen LogP contribution in [0.5, 0.6) is 0 Å². The van der Waals surface area contributed by atoms with Gasteiger partial charge >= 0.3 is 0 Å². The molecule has 0 saturated heterocycles. The van der Waals surface area contributed by atoms with Gasteiger partial charge in [0.1, 0.15) is 0 Å². The zero-order valence-electron chi connectivity index (χ0n) is 12.4. The highest BCUT2D eigenvalue weighted by molar-refractivity contribution is 5.51. The summed E-state index contributed by atoms with van der Waals surface area (Å²) in [5.41, 5.74) is 12.9. The van der Waals surface area contributed by atoms with Crippen LogP contribution in [0.25, 0.3) is 0 Å². The Balaban J connectivity index is 1.54. The highest BCUT2D eigenvalue weighted by Gasteiger charge is 2.26. The van der Waals surface area contributed by atoms with Gasteiger partial charge in [-0.2, -0.15) is 0 Å². The Kier molecular flexibility index (Phi) is 3.19. The first-order valence-electron chi connectivity index (χ1n) is 7.97. The van der Waals surface area contributed by atoms with Crippen LogP contribution in [0.15, 0.2) is 42.5 Å². The second kappa shape index (κ2) is 5.19. The molecule has 1 aliphatic heterocycles. The van der Waals surface area contributed by atoms with Gasteiger partial charge in [-0.1, -0.05) is 36.4 Å². The predicted octanol–water partition coefficient (Wildman–Crippen LogP) is 3.70. The number of benzene rings is 2. The van der Waals surface area contributed by atoms with Crippen molar-refractivity contribution in [1.82, 2.24) is 4.90 Å². The molecule has 1 aliphatic carbocycles. The minimum atomic E-state index is 0.828. The zero-order chi connectivity index (χ0) is 14.2. The molecule has 0 radical (unpaired) electrons. The minimum Gasteiger partial charge on any atom is -0.398 e. The SMILES string of the molecule is Nc1cccc2c1CCN(Cc1ccccc1C1CC1)C2. The third-order valence-corrected chi connectivity index (χ3v) is 4.85. The molecule has 2 nitrogen and oxygen atoms in total. The molecule has 2 aromatic rings. The zero-order valence-corrected chi connectivity index (χ0v) is 12.4. The summed E-state index contributed by atoms with van der Waals surface area (Å²) >= 11 is 0. The molecule has 0 spiro atoms. The molecule has 1 fully saturated rings. The molecule has 1 saturated carbocycles. The van der Waals surface area contributed by atoms with Gasteiger partial charge in [0.05, 0.1) is 0 Å². The third-order valence-electron chi connectivity index (χ3n) is 4.85. The maximum Gasteiger partial charge on any atom is 0.0350 e. The highest BCUT2D eigenvalue weighted by Crippen LogP contribution is 2.42. The molecule has 2 N–H and O–H groups in total. The van der Waals surface area contributed by atoms with Gasteiger partial charge in [-0.05, 0) is 53.5 Å². The fourth-order valence-corrected chi connectivity index (χ4v) is 3.54. The van der Waals surface area contributed by atoms with Gasteiger partial charge in [-0.15, -0.1) is 0 Å². The molecule has 108 valence electrons. The van der Waals surface area contributed by atoms with Crippen molar-refractivity contribution in [3.05, 3.63) is 64.7 Å². The Morgan fingerprint density at radius 2 is 1.90 bits per heavy atom. The average molecular weight is 278 g/mol. The van der Waals surface area contributed by atoms with E-state index in [1.165, 1.54) is 29.5 Å². The number of nitrogen functional groups attached to an aromatic ring is 1. The van der Waals surface area contributed by atoms with Gasteiger partial charge in [0.15, 0.2) is 0 Å². The summed E-state index contributed by atoms with van der Waals surface area (Å²) in [6.07, 6.45) is 3.82. The Bertz CT molecular complexity index is 658. The van der Waals surface area contributed by atoms with Gasteiger partial charge in [-0.3, -0.25) is 4.90 Å². The molecule has 2 aliphatic rings. The molecule has 4 rings (SSSR count). The number of nitrogens with zero attached hydrogens (tertiary/aromatic N) is 1.